The summed E-state index contributed by atoms with van der Waals surface area (Å²) in [5.74, 6) is -0.232. The second-order valence-electron chi connectivity index (χ2n) is 6.06. The molecule has 0 bridgehead atoms. The van der Waals surface area contributed by atoms with Crippen LogP contribution >= 0.6 is 0 Å². The highest BCUT2D eigenvalue weighted by atomic mass is 32.2. The van der Waals surface area contributed by atoms with Gasteiger partial charge in [-0.25, -0.2) is 8.42 Å². The first-order valence-electron chi connectivity index (χ1n) is 7.99. The maximum atomic E-state index is 12.8. The Morgan fingerprint density at radius 1 is 1.08 bits per heavy atom. The van der Waals surface area contributed by atoms with E-state index in [0.717, 1.165) is 18.2 Å². The van der Waals surface area contributed by atoms with Crippen LogP contribution in [0.5, 0.6) is 0 Å². The van der Waals surface area contributed by atoms with Crippen LogP contribution in [-0.4, -0.2) is 20.6 Å². The first kappa shape index (κ1) is 18.2. The first-order valence-corrected chi connectivity index (χ1v) is 9.88. The standard InChI is InChI=1S/C19H23NO3S/c1-4-14(2)18(15-9-6-5-7-10-15)19(21)20-16-11-8-12-17(13-16)24(3,22)23/h5-14,18H,4H2,1-3H3,(H,20,21). The van der Waals surface area contributed by atoms with Gasteiger partial charge in [0.1, 0.15) is 0 Å². The lowest BCUT2D eigenvalue weighted by molar-refractivity contribution is -0.118. The van der Waals surface area contributed by atoms with Crippen LogP contribution in [0.2, 0.25) is 0 Å². The summed E-state index contributed by atoms with van der Waals surface area (Å²) in [5, 5.41) is 2.86. The molecular weight excluding hydrogens is 322 g/mol. The highest BCUT2D eigenvalue weighted by molar-refractivity contribution is 7.90. The Morgan fingerprint density at radius 3 is 2.33 bits per heavy atom. The van der Waals surface area contributed by atoms with Gasteiger partial charge in [-0.1, -0.05) is 56.7 Å². The number of nitrogens with one attached hydrogen (secondary N) is 1. The molecule has 0 aliphatic heterocycles. The van der Waals surface area contributed by atoms with Gasteiger partial charge in [-0.3, -0.25) is 4.79 Å². The van der Waals surface area contributed by atoms with Crippen molar-refractivity contribution in [3.05, 3.63) is 60.2 Å². The summed E-state index contributed by atoms with van der Waals surface area (Å²) in [7, 11) is -3.31. The molecule has 2 aromatic carbocycles. The number of carbonyl (C=O) groups is 1. The molecule has 128 valence electrons. The molecule has 0 heterocycles. The van der Waals surface area contributed by atoms with Crippen molar-refractivity contribution >= 4 is 21.4 Å². The third-order valence-electron chi connectivity index (χ3n) is 4.18. The number of hydrogen-bond donors (Lipinski definition) is 1. The van der Waals surface area contributed by atoms with Crippen LogP contribution in [0.4, 0.5) is 5.69 Å². The SMILES string of the molecule is CCC(C)C(C(=O)Nc1cccc(S(C)(=O)=O)c1)c1ccccc1. The Hall–Kier alpha value is -2.14. The molecule has 2 atom stereocenters. The maximum absolute atomic E-state index is 12.8. The third-order valence-corrected chi connectivity index (χ3v) is 5.29. The topological polar surface area (TPSA) is 63.2 Å². The minimum absolute atomic E-state index is 0.124. The Labute approximate surface area is 143 Å². The number of hydrogen-bond acceptors (Lipinski definition) is 3. The largest absolute Gasteiger partial charge is 0.326 e. The van der Waals surface area contributed by atoms with Gasteiger partial charge in [-0.05, 0) is 29.7 Å². The molecule has 2 rings (SSSR count). The lowest BCUT2D eigenvalue weighted by Crippen LogP contribution is -2.26. The molecule has 0 saturated carbocycles. The fourth-order valence-electron chi connectivity index (χ4n) is 2.66. The lowest BCUT2D eigenvalue weighted by Gasteiger charge is -2.23. The number of carbonyl (C=O) groups excluding carboxylic acids is 1. The Morgan fingerprint density at radius 2 is 1.75 bits per heavy atom. The summed E-state index contributed by atoms with van der Waals surface area (Å²) in [6.07, 6.45) is 2.02. The van der Waals surface area contributed by atoms with Crippen molar-refractivity contribution in [1.82, 2.24) is 0 Å². The van der Waals surface area contributed by atoms with Crippen molar-refractivity contribution in [3.63, 3.8) is 0 Å². The van der Waals surface area contributed by atoms with E-state index in [1.807, 2.05) is 37.3 Å². The zero-order chi connectivity index (χ0) is 17.7. The van der Waals surface area contributed by atoms with Gasteiger partial charge < -0.3 is 5.32 Å². The molecule has 5 heteroatoms. The predicted molar refractivity (Wildman–Crippen MR) is 96.8 cm³/mol. The molecule has 0 aromatic heterocycles. The number of anilines is 1. The third kappa shape index (κ3) is 4.45. The summed E-state index contributed by atoms with van der Waals surface area (Å²) < 4.78 is 23.3. The van der Waals surface area contributed by atoms with Crippen LogP contribution in [0, 0.1) is 5.92 Å². The second kappa shape index (κ2) is 7.62. The summed E-state index contributed by atoms with van der Waals surface area (Å²) in [6, 6.07) is 16.0. The molecule has 0 aliphatic carbocycles. The molecule has 4 nitrogen and oxygen atoms in total. The zero-order valence-electron chi connectivity index (χ0n) is 14.2. The molecule has 0 spiro atoms. The van der Waals surface area contributed by atoms with E-state index in [-0.39, 0.29) is 22.6 Å². The molecule has 0 fully saturated rings. The zero-order valence-corrected chi connectivity index (χ0v) is 15.0. The highest BCUT2D eigenvalue weighted by Gasteiger charge is 2.26. The normalized spacial score (nSPS) is 14.0. The van der Waals surface area contributed by atoms with Gasteiger partial charge >= 0.3 is 0 Å². The molecule has 1 amide bonds. The van der Waals surface area contributed by atoms with Gasteiger partial charge in [0.25, 0.3) is 0 Å². The van der Waals surface area contributed by atoms with Crippen molar-refractivity contribution in [2.24, 2.45) is 5.92 Å². The summed E-state index contributed by atoms with van der Waals surface area (Å²) in [5.41, 5.74) is 1.45. The Balaban J connectivity index is 2.29. The van der Waals surface area contributed by atoms with E-state index in [4.69, 9.17) is 0 Å². The molecule has 0 aliphatic rings. The number of rotatable bonds is 6. The summed E-state index contributed by atoms with van der Waals surface area (Å²) in [4.78, 5) is 13.0. The van der Waals surface area contributed by atoms with Crippen molar-refractivity contribution in [2.45, 2.75) is 31.1 Å². The van der Waals surface area contributed by atoms with Crippen molar-refractivity contribution in [3.8, 4) is 0 Å². The average molecular weight is 345 g/mol. The highest BCUT2D eigenvalue weighted by Crippen LogP contribution is 2.28. The van der Waals surface area contributed by atoms with E-state index < -0.39 is 9.84 Å². The van der Waals surface area contributed by atoms with E-state index in [9.17, 15) is 13.2 Å². The number of sulfone groups is 1. The summed E-state index contributed by atoms with van der Waals surface area (Å²) >= 11 is 0. The monoisotopic (exact) mass is 345 g/mol. The van der Waals surface area contributed by atoms with Gasteiger partial charge in [-0.2, -0.15) is 0 Å². The molecule has 24 heavy (non-hydrogen) atoms. The van der Waals surface area contributed by atoms with E-state index in [0.29, 0.717) is 5.69 Å². The van der Waals surface area contributed by atoms with E-state index in [1.54, 1.807) is 12.1 Å². The Kier molecular flexibility index (Phi) is 5.78. The minimum atomic E-state index is -3.31. The quantitative estimate of drug-likeness (QED) is 0.865. The van der Waals surface area contributed by atoms with Gasteiger partial charge in [0.05, 0.1) is 10.8 Å². The Bertz CT molecular complexity index is 800. The predicted octanol–water partition coefficient (Wildman–Crippen LogP) is 3.86. The van der Waals surface area contributed by atoms with Crippen molar-refractivity contribution in [1.29, 1.82) is 0 Å². The van der Waals surface area contributed by atoms with Crippen molar-refractivity contribution in [2.75, 3.05) is 11.6 Å². The van der Waals surface area contributed by atoms with E-state index in [1.165, 1.54) is 12.1 Å². The fraction of sp³-hybridized carbons (Fsp3) is 0.316. The molecular formula is C19H23NO3S. The molecule has 0 saturated heterocycles. The van der Waals surface area contributed by atoms with Crippen LogP contribution in [0.3, 0.4) is 0 Å². The van der Waals surface area contributed by atoms with E-state index >= 15 is 0 Å². The second-order valence-corrected chi connectivity index (χ2v) is 8.08. The molecule has 1 N–H and O–H groups in total. The van der Waals surface area contributed by atoms with Gasteiger partial charge in [0, 0.05) is 11.9 Å². The van der Waals surface area contributed by atoms with Crippen LogP contribution in [0.1, 0.15) is 31.7 Å². The first-order chi connectivity index (χ1) is 11.3. The number of benzene rings is 2. The maximum Gasteiger partial charge on any atom is 0.232 e. The lowest BCUT2D eigenvalue weighted by atomic mass is 9.85. The van der Waals surface area contributed by atoms with Gasteiger partial charge in [0.15, 0.2) is 9.84 Å². The summed E-state index contributed by atoms with van der Waals surface area (Å²) in [6.45, 7) is 4.10. The van der Waals surface area contributed by atoms with Crippen LogP contribution < -0.4 is 5.32 Å². The van der Waals surface area contributed by atoms with Crippen molar-refractivity contribution < 1.29 is 13.2 Å². The smallest absolute Gasteiger partial charge is 0.232 e. The molecule has 2 aromatic rings. The van der Waals surface area contributed by atoms with Crippen LogP contribution in [-0.2, 0) is 14.6 Å². The fourth-order valence-corrected chi connectivity index (χ4v) is 3.33. The molecule has 0 radical (unpaired) electrons. The molecule has 2 unspecified atom stereocenters. The van der Waals surface area contributed by atoms with Crippen LogP contribution in [0.25, 0.3) is 0 Å². The number of amides is 1. The van der Waals surface area contributed by atoms with Gasteiger partial charge in [-0.15, -0.1) is 0 Å². The van der Waals surface area contributed by atoms with E-state index in [2.05, 4.69) is 12.2 Å². The minimum Gasteiger partial charge on any atom is -0.326 e. The average Bonchev–Trinajstić information content (AvgIpc) is 2.55. The van der Waals surface area contributed by atoms with Gasteiger partial charge in [0.2, 0.25) is 5.91 Å². The van der Waals surface area contributed by atoms with Crippen LogP contribution in [0.15, 0.2) is 59.5 Å².